The molecule has 0 aliphatic rings. The van der Waals surface area contributed by atoms with Crippen LogP contribution in [0.1, 0.15) is 37.4 Å². The number of aryl methyl sites for hydroxylation is 1. The first-order valence-corrected chi connectivity index (χ1v) is 11.5. The summed E-state index contributed by atoms with van der Waals surface area (Å²) in [6.07, 6.45) is 1.74. The van der Waals surface area contributed by atoms with Gasteiger partial charge in [0.15, 0.2) is 0 Å². The lowest BCUT2D eigenvalue weighted by atomic mass is 10.0. The predicted molar refractivity (Wildman–Crippen MR) is 117 cm³/mol. The van der Waals surface area contributed by atoms with Crippen LogP contribution in [0.4, 0.5) is 5.69 Å². The van der Waals surface area contributed by atoms with Crippen LogP contribution in [0, 0.1) is 6.92 Å². The van der Waals surface area contributed by atoms with E-state index in [0.29, 0.717) is 17.1 Å². The van der Waals surface area contributed by atoms with Gasteiger partial charge in [-0.3, -0.25) is 9.10 Å². The Morgan fingerprint density at radius 1 is 1.21 bits per heavy atom. The van der Waals surface area contributed by atoms with Crippen LogP contribution in [0.25, 0.3) is 0 Å². The molecule has 158 valence electrons. The molecule has 0 unspecified atom stereocenters. The number of nitrogens with one attached hydrogen (secondary N) is 1. The summed E-state index contributed by atoms with van der Waals surface area (Å²) in [5.74, 6) is 0.389. The Labute approximate surface area is 177 Å². The van der Waals surface area contributed by atoms with Crippen molar-refractivity contribution in [3.8, 4) is 5.75 Å². The zero-order valence-electron chi connectivity index (χ0n) is 17.3. The van der Waals surface area contributed by atoms with Crippen molar-refractivity contribution in [3.05, 3.63) is 58.6 Å². The molecule has 0 heterocycles. The number of carbonyl (C=O) groups is 1. The van der Waals surface area contributed by atoms with Gasteiger partial charge in [0.2, 0.25) is 15.9 Å². The Balaban J connectivity index is 2.28. The lowest BCUT2D eigenvalue weighted by molar-refractivity contribution is -0.122. The molecule has 0 saturated heterocycles. The lowest BCUT2D eigenvalue weighted by Crippen LogP contribution is -2.48. The zero-order valence-corrected chi connectivity index (χ0v) is 18.8. The standard InChI is InChI=1S/C21H27ClN2O4S/c1-6-19(16-7-12-20(28-4)14(2)13-16)23-21(25)15(3)24(29(5,26)27)18-10-8-17(22)9-11-18/h7-13,15,19H,6H2,1-5H3,(H,23,25)/t15-,19-/m1/s1. The number of carbonyl (C=O) groups excluding carboxylic acids is 1. The Kier molecular flexibility index (Phi) is 7.54. The highest BCUT2D eigenvalue weighted by Gasteiger charge is 2.30. The predicted octanol–water partition coefficient (Wildman–Crippen LogP) is 4.08. The molecule has 0 aliphatic heterocycles. The molecule has 0 radical (unpaired) electrons. The zero-order chi connectivity index (χ0) is 21.8. The van der Waals surface area contributed by atoms with Gasteiger partial charge in [0.05, 0.1) is 25.1 Å². The molecule has 0 aromatic heterocycles. The molecule has 0 saturated carbocycles. The number of benzene rings is 2. The van der Waals surface area contributed by atoms with Crippen LogP contribution in [0.15, 0.2) is 42.5 Å². The third-order valence-electron chi connectivity index (χ3n) is 4.72. The van der Waals surface area contributed by atoms with Crippen molar-refractivity contribution in [1.29, 1.82) is 0 Å². The number of hydrogen-bond donors (Lipinski definition) is 1. The Morgan fingerprint density at radius 2 is 1.83 bits per heavy atom. The van der Waals surface area contributed by atoms with E-state index in [2.05, 4.69) is 5.32 Å². The summed E-state index contributed by atoms with van der Waals surface area (Å²) in [5, 5.41) is 3.46. The van der Waals surface area contributed by atoms with Gasteiger partial charge >= 0.3 is 0 Å². The minimum Gasteiger partial charge on any atom is -0.496 e. The van der Waals surface area contributed by atoms with Crippen LogP contribution in [0.3, 0.4) is 0 Å². The minimum atomic E-state index is -3.69. The van der Waals surface area contributed by atoms with Gasteiger partial charge in [-0.05, 0) is 61.7 Å². The molecular weight excluding hydrogens is 412 g/mol. The average molecular weight is 439 g/mol. The highest BCUT2D eigenvalue weighted by molar-refractivity contribution is 7.92. The highest BCUT2D eigenvalue weighted by Crippen LogP contribution is 2.26. The van der Waals surface area contributed by atoms with Gasteiger partial charge in [-0.2, -0.15) is 0 Å². The molecule has 2 aromatic rings. The van der Waals surface area contributed by atoms with Crippen LogP contribution in [0.5, 0.6) is 5.75 Å². The summed E-state index contributed by atoms with van der Waals surface area (Å²) in [6.45, 7) is 5.46. The van der Waals surface area contributed by atoms with E-state index in [9.17, 15) is 13.2 Å². The van der Waals surface area contributed by atoms with E-state index in [1.807, 2.05) is 32.0 Å². The third kappa shape index (κ3) is 5.64. The number of methoxy groups -OCH3 is 1. The Morgan fingerprint density at radius 3 is 2.31 bits per heavy atom. The van der Waals surface area contributed by atoms with Gasteiger partial charge < -0.3 is 10.1 Å². The first kappa shape index (κ1) is 23.0. The van der Waals surface area contributed by atoms with E-state index in [0.717, 1.165) is 27.4 Å². The molecule has 0 spiro atoms. The smallest absolute Gasteiger partial charge is 0.244 e. The quantitative estimate of drug-likeness (QED) is 0.673. The first-order valence-electron chi connectivity index (χ1n) is 9.28. The first-order chi connectivity index (χ1) is 13.6. The molecule has 0 aliphatic carbocycles. The number of halogens is 1. The molecule has 1 N–H and O–H groups in total. The summed E-state index contributed by atoms with van der Waals surface area (Å²) >= 11 is 5.91. The minimum absolute atomic E-state index is 0.249. The van der Waals surface area contributed by atoms with E-state index < -0.39 is 16.1 Å². The summed E-state index contributed by atoms with van der Waals surface area (Å²) < 4.78 is 31.2. The third-order valence-corrected chi connectivity index (χ3v) is 6.21. The van der Waals surface area contributed by atoms with Gasteiger partial charge in [0.25, 0.3) is 0 Å². The molecule has 2 aromatic carbocycles. The topological polar surface area (TPSA) is 75.7 Å². The number of hydrogen-bond acceptors (Lipinski definition) is 4. The second kappa shape index (κ2) is 9.50. The fourth-order valence-corrected chi connectivity index (χ4v) is 4.53. The van der Waals surface area contributed by atoms with Crippen molar-refractivity contribution in [3.63, 3.8) is 0 Å². The van der Waals surface area contributed by atoms with Crippen LogP contribution in [-0.4, -0.2) is 33.7 Å². The van der Waals surface area contributed by atoms with E-state index in [-0.39, 0.29) is 11.9 Å². The highest BCUT2D eigenvalue weighted by atomic mass is 35.5. The molecule has 1 amide bonds. The molecule has 0 fully saturated rings. The van der Waals surface area contributed by atoms with Gasteiger partial charge in [0, 0.05) is 5.02 Å². The number of rotatable bonds is 8. The van der Waals surface area contributed by atoms with Crippen molar-refractivity contribution >= 4 is 33.2 Å². The Bertz CT molecular complexity index is 961. The monoisotopic (exact) mass is 438 g/mol. The summed E-state index contributed by atoms with van der Waals surface area (Å²) in [5.41, 5.74) is 2.28. The van der Waals surface area contributed by atoms with Crippen molar-refractivity contribution < 1.29 is 17.9 Å². The number of nitrogens with zero attached hydrogens (tertiary/aromatic N) is 1. The van der Waals surface area contributed by atoms with Crippen molar-refractivity contribution in [1.82, 2.24) is 5.32 Å². The van der Waals surface area contributed by atoms with Gasteiger partial charge in [-0.15, -0.1) is 0 Å². The van der Waals surface area contributed by atoms with E-state index in [4.69, 9.17) is 16.3 Å². The Hall–Kier alpha value is -2.25. The maximum absolute atomic E-state index is 13.0. The molecule has 6 nitrogen and oxygen atoms in total. The number of ether oxygens (including phenoxy) is 1. The number of anilines is 1. The van der Waals surface area contributed by atoms with Crippen molar-refractivity contribution in [2.75, 3.05) is 17.7 Å². The molecule has 2 rings (SSSR count). The van der Waals surface area contributed by atoms with E-state index in [1.165, 1.54) is 0 Å². The maximum Gasteiger partial charge on any atom is 0.244 e. The summed E-state index contributed by atoms with van der Waals surface area (Å²) in [7, 11) is -2.07. The molecular formula is C21H27ClN2O4S. The largest absolute Gasteiger partial charge is 0.496 e. The van der Waals surface area contributed by atoms with E-state index in [1.54, 1.807) is 38.3 Å². The molecule has 29 heavy (non-hydrogen) atoms. The van der Waals surface area contributed by atoms with Crippen molar-refractivity contribution in [2.45, 2.75) is 39.3 Å². The van der Waals surface area contributed by atoms with Crippen molar-refractivity contribution in [2.24, 2.45) is 0 Å². The maximum atomic E-state index is 13.0. The average Bonchev–Trinajstić information content (AvgIpc) is 2.66. The van der Waals surface area contributed by atoms with Crippen LogP contribution < -0.4 is 14.4 Å². The van der Waals surface area contributed by atoms with Crippen LogP contribution in [-0.2, 0) is 14.8 Å². The summed E-state index contributed by atoms with van der Waals surface area (Å²) in [6, 6.07) is 10.9. The second-order valence-corrected chi connectivity index (χ2v) is 9.21. The molecule has 8 heteroatoms. The number of amides is 1. The fourth-order valence-electron chi connectivity index (χ4n) is 3.23. The van der Waals surface area contributed by atoms with Gasteiger partial charge in [-0.1, -0.05) is 30.7 Å². The van der Waals surface area contributed by atoms with Gasteiger partial charge in [0.1, 0.15) is 11.8 Å². The molecule has 2 atom stereocenters. The summed E-state index contributed by atoms with van der Waals surface area (Å²) in [4.78, 5) is 13.0. The lowest BCUT2D eigenvalue weighted by Gasteiger charge is -2.30. The SMILES string of the molecule is CC[C@@H](NC(=O)[C@@H](C)N(c1ccc(Cl)cc1)S(C)(=O)=O)c1ccc(OC)c(C)c1. The van der Waals surface area contributed by atoms with Crippen LogP contribution >= 0.6 is 11.6 Å². The van der Waals surface area contributed by atoms with Gasteiger partial charge in [-0.25, -0.2) is 8.42 Å². The molecule has 0 bridgehead atoms. The van der Waals surface area contributed by atoms with E-state index >= 15 is 0 Å². The number of sulfonamides is 1. The fraction of sp³-hybridized carbons (Fsp3) is 0.381. The second-order valence-electron chi connectivity index (χ2n) is 6.91. The normalized spacial score (nSPS) is 13.4. The van der Waals surface area contributed by atoms with Crippen LogP contribution in [0.2, 0.25) is 5.02 Å².